The lowest BCUT2D eigenvalue weighted by Crippen LogP contribution is -2.36. The van der Waals surface area contributed by atoms with Crippen LogP contribution in [0.1, 0.15) is 12.8 Å². The van der Waals surface area contributed by atoms with Crippen LogP contribution in [0.15, 0.2) is 24.3 Å². The molecule has 0 saturated heterocycles. The lowest BCUT2D eigenvalue weighted by molar-refractivity contribution is -0.119. The summed E-state index contributed by atoms with van der Waals surface area (Å²) >= 11 is 0. The molecule has 0 spiro atoms. The molecule has 2 nitrogen and oxygen atoms in total. The molecular weight excluding hydrogens is 217 g/mol. The number of halogens is 3. The molecule has 1 fully saturated rings. The van der Waals surface area contributed by atoms with E-state index in [1.165, 1.54) is 4.90 Å². The minimum Gasteiger partial charge on any atom is -0.397 e. The number of benzene rings is 1. The number of anilines is 2. The summed E-state index contributed by atoms with van der Waals surface area (Å²) in [6.07, 6.45) is -2.57. The quantitative estimate of drug-likeness (QED) is 0.809. The number of hydrogen-bond donors (Lipinski definition) is 1. The molecule has 0 bridgehead atoms. The SMILES string of the molecule is Nc1ccccc1N(CC(F)(F)F)C1CC1. The molecule has 0 radical (unpaired) electrons. The summed E-state index contributed by atoms with van der Waals surface area (Å²) in [5, 5.41) is 0. The predicted molar refractivity (Wildman–Crippen MR) is 57.3 cm³/mol. The minimum atomic E-state index is -4.19. The van der Waals surface area contributed by atoms with Gasteiger partial charge >= 0.3 is 6.18 Å². The Balaban J connectivity index is 2.23. The lowest BCUT2D eigenvalue weighted by atomic mass is 10.2. The highest BCUT2D eigenvalue weighted by atomic mass is 19.4. The predicted octanol–water partition coefficient (Wildman–Crippen LogP) is 2.80. The molecule has 0 aromatic heterocycles. The van der Waals surface area contributed by atoms with Gasteiger partial charge in [-0.25, -0.2) is 0 Å². The molecular formula is C11H13F3N2. The van der Waals surface area contributed by atoms with Crippen LogP contribution < -0.4 is 10.6 Å². The number of hydrogen-bond acceptors (Lipinski definition) is 2. The highest BCUT2D eigenvalue weighted by molar-refractivity contribution is 5.68. The standard InChI is InChI=1S/C11H13F3N2/c12-11(13,14)7-16(8-5-6-8)10-4-2-1-3-9(10)15/h1-4,8H,5-7,15H2. The highest BCUT2D eigenvalue weighted by Crippen LogP contribution is 2.36. The Bertz CT molecular complexity index is 372. The second-order valence-electron chi connectivity index (χ2n) is 4.03. The Labute approximate surface area is 91.8 Å². The number of nitrogens with zero attached hydrogens (tertiary/aromatic N) is 1. The third kappa shape index (κ3) is 2.59. The van der Waals surface area contributed by atoms with Crippen LogP contribution in [0.4, 0.5) is 24.5 Å². The molecule has 2 rings (SSSR count). The Morgan fingerprint density at radius 2 is 1.88 bits per heavy atom. The summed E-state index contributed by atoms with van der Waals surface area (Å²) in [5.41, 5.74) is 6.59. The summed E-state index contributed by atoms with van der Waals surface area (Å²) in [5.74, 6) is 0. The number of nitrogens with two attached hydrogens (primary N) is 1. The van der Waals surface area contributed by atoms with Gasteiger partial charge in [0.25, 0.3) is 0 Å². The van der Waals surface area contributed by atoms with Crippen LogP contribution in [0.2, 0.25) is 0 Å². The van der Waals surface area contributed by atoms with Gasteiger partial charge in [-0.3, -0.25) is 0 Å². The largest absolute Gasteiger partial charge is 0.405 e. The van der Waals surface area contributed by atoms with Gasteiger partial charge in [-0.15, -0.1) is 0 Å². The maximum Gasteiger partial charge on any atom is 0.405 e. The van der Waals surface area contributed by atoms with Crippen molar-refractivity contribution in [3.05, 3.63) is 24.3 Å². The van der Waals surface area contributed by atoms with Gasteiger partial charge in [0.2, 0.25) is 0 Å². The van der Waals surface area contributed by atoms with Crippen LogP contribution in [-0.4, -0.2) is 18.8 Å². The second kappa shape index (κ2) is 3.88. The Hall–Kier alpha value is -1.39. The molecule has 5 heteroatoms. The van der Waals surface area contributed by atoms with E-state index in [1.54, 1.807) is 24.3 Å². The summed E-state index contributed by atoms with van der Waals surface area (Å²) in [7, 11) is 0. The third-order valence-corrected chi connectivity index (χ3v) is 2.58. The molecule has 0 heterocycles. The molecule has 0 atom stereocenters. The average Bonchev–Trinajstić information content (AvgIpc) is 2.97. The molecule has 88 valence electrons. The van der Waals surface area contributed by atoms with Gasteiger partial charge in [-0.1, -0.05) is 12.1 Å². The molecule has 0 unspecified atom stereocenters. The van der Waals surface area contributed by atoms with E-state index in [1.807, 2.05) is 0 Å². The van der Waals surface area contributed by atoms with Crippen molar-refractivity contribution in [2.45, 2.75) is 25.1 Å². The van der Waals surface area contributed by atoms with Crippen molar-refractivity contribution >= 4 is 11.4 Å². The first-order valence-corrected chi connectivity index (χ1v) is 5.15. The normalized spacial score (nSPS) is 16.2. The number of para-hydroxylation sites is 2. The fourth-order valence-electron chi connectivity index (χ4n) is 1.74. The van der Waals surface area contributed by atoms with E-state index in [-0.39, 0.29) is 6.04 Å². The molecule has 1 aromatic carbocycles. The number of nitrogen functional groups attached to an aromatic ring is 1. The van der Waals surface area contributed by atoms with Crippen molar-refractivity contribution in [2.75, 3.05) is 17.2 Å². The Morgan fingerprint density at radius 3 is 2.38 bits per heavy atom. The average molecular weight is 230 g/mol. The summed E-state index contributed by atoms with van der Waals surface area (Å²) < 4.78 is 37.3. The van der Waals surface area contributed by atoms with E-state index in [4.69, 9.17) is 5.73 Å². The van der Waals surface area contributed by atoms with Crippen molar-refractivity contribution in [1.82, 2.24) is 0 Å². The number of alkyl halides is 3. The summed E-state index contributed by atoms with van der Waals surface area (Å²) in [4.78, 5) is 1.36. The van der Waals surface area contributed by atoms with Gasteiger partial charge in [0.15, 0.2) is 0 Å². The highest BCUT2D eigenvalue weighted by Gasteiger charge is 2.38. The van der Waals surface area contributed by atoms with Crippen LogP contribution in [-0.2, 0) is 0 Å². The zero-order valence-corrected chi connectivity index (χ0v) is 8.67. The van der Waals surface area contributed by atoms with Crippen molar-refractivity contribution in [1.29, 1.82) is 0 Å². The van der Waals surface area contributed by atoms with E-state index in [0.717, 1.165) is 12.8 Å². The van der Waals surface area contributed by atoms with E-state index < -0.39 is 12.7 Å². The van der Waals surface area contributed by atoms with Crippen LogP contribution in [0.5, 0.6) is 0 Å². The monoisotopic (exact) mass is 230 g/mol. The van der Waals surface area contributed by atoms with Crippen molar-refractivity contribution < 1.29 is 13.2 Å². The molecule has 1 aliphatic rings. The first-order chi connectivity index (χ1) is 7.47. The maximum absolute atomic E-state index is 12.4. The van der Waals surface area contributed by atoms with Gasteiger partial charge in [0.1, 0.15) is 6.54 Å². The van der Waals surface area contributed by atoms with Gasteiger partial charge in [0.05, 0.1) is 11.4 Å². The summed E-state index contributed by atoms with van der Waals surface area (Å²) in [6, 6.07) is 6.68. The van der Waals surface area contributed by atoms with Gasteiger partial charge in [-0.2, -0.15) is 13.2 Å². The molecule has 0 aliphatic heterocycles. The van der Waals surface area contributed by atoms with Gasteiger partial charge < -0.3 is 10.6 Å². The second-order valence-corrected chi connectivity index (χ2v) is 4.03. The van der Waals surface area contributed by atoms with E-state index in [9.17, 15) is 13.2 Å². The van der Waals surface area contributed by atoms with Crippen LogP contribution in [0.3, 0.4) is 0 Å². The number of rotatable bonds is 3. The molecule has 16 heavy (non-hydrogen) atoms. The third-order valence-electron chi connectivity index (χ3n) is 2.58. The molecule has 1 aromatic rings. The van der Waals surface area contributed by atoms with Crippen molar-refractivity contribution in [3.8, 4) is 0 Å². The molecule has 1 saturated carbocycles. The van der Waals surface area contributed by atoms with Gasteiger partial charge in [0, 0.05) is 6.04 Å². The molecule has 2 N–H and O–H groups in total. The smallest absolute Gasteiger partial charge is 0.397 e. The fourth-order valence-corrected chi connectivity index (χ4v) is 1.74. The zero-order valence-electron chi connectivity index (χ0n) is 8.67. The fraction of sp³-hybridized carbons (Fsp3) is 0.455. The van der Waals surface area contributed by atoms with E-state index in [2.05, 4.69) is 0 Å². The van der Waals surface area contributed by atoms with Crippen LogP contribution >= 0.6 is 0 Å². The summed E-state index contributed by atoms with van der Waals surface area (Å²) in [6.45, 7) is -0.925. The Morgan fingerprint density at radius 1 is 1.25 bits per heavy atom. The minimum absolute atomic E-state index is 0.00803. The van der Waals surface area contributed by atoms with Crippen molar-refractivity contribution in [3.63, 3.8) is 0 Å². The molecule has 0 amide bonds. The zero-order chi connectivity index (χ0) is 11.8. The maximum atomic E-state index is 12.4. The Kier molecular flexibility index (Phi) is 2.69. The first kappa shape index (κ1) is 11.1. The van der Waals surface area contributed by atoms with Crippen LogP contribution in [0.25, 0.3) is 0 Å². The topological polar surface area (TPSA) is 29.3 Å². The molecule has 1 aliphatic carbocycles. The van der Waals surface area contributed by atoms with E-state index >= 15 is 0 Å². The van der Waals surface area contributed by atoms with E-state index in [0.29, 0.717) is 11.4 Å². The van der Waals surface area contributed by atoms with Crippen molar-refractivity contribution in [2.24, 2.45) is 0 Å². The lowest BCUT2D eigenvalue weighted by Gasteiger charge is -2.27. The first-order valence-electron chi connectivity index (χ1n) is 5.15. The van der Waals surface area contributed by atoms with Gasteiger partial charge in [-0.05, 0) is 25.0 Å². The van der Waals surface area contributed by atoms with Crippen LogP contribution in [0, 0.1) is 0 Å².